The Hall–Kier alpha value is -0.0800. The molecule has 0 amide bonds. The van der Waals surface area contributed by atoms with E-state index < -0.39 is 0 Å². The SMILES string of the molecule is CCCC(O)CC1CC(C)(C)OC1(C)C. The van der Waals surface area contributed by atoms with E-state index in [1.807, 2.05) is 0 Å². The van der Waals surface area contributed by atoms with Gasteiger partial charge in [0.05, 0.1) is 17.3 Å². The Morgan fingerprint density at radius 1 is 1.33 bits per heavy atom. The van der Waals surface area contributed by atoms with Crippen LogP contribution >= 0.6 is 0 Å². The Morgan fingerprint density at radius 3 is 2.33 bits per heavy atom. The normalized spacial score (nSPS) is 30.4. The van der Waals surface area contributed by atoms with Crippen molar-refractivity contribution < 1.29 is 9.84 Å². The van der Waals surface area contributed by atoms with Crippen molar-refractivity contribution in [2.75, 3.05) is 0 Å². The molecule has 0 saturated carbocycles. The van der Waals surface area contributed by atoms with Crippen molar-refractivity contribution in [2.45, 2.75) is 77.6 Å². The zero-order valence-corrected chi connectivity index (χ0v) is 10.8. The highest BCUT2D eigenvalue weighted by Crippen LogP contribution is 2.44. The number of rotatable bonds is 4. The van der Waals surface area contributed by atoms with Crippen LogP contribution in [0.5, 0.6) is 0 Å². The van der Waals surface area contributed by atoms with Crippen LogP contribution in [0.1, 0.15) is 60.3 Å². The fraction of sp³-hybridized carbons (Fsp3) is 1.00. The topological polar surface area (TPSA) is 29.5 Å². The second kappa shape index (κ2) is 4.42. The largest absolute Gasteiger partial charge is 0.393 e. The van der Waals surface area contributed by atoms with Crippen LogP contribution in [0.3, 0.4) is 0 Å². The highest BCUT2D eigenvalue weighted by molar-refractivity contribution is 4.94. The number of hydrogen-bond acceptors (Lipinski definition) is 2. The molecule has 0 aromatic heterocycles. The molecule has 0 aliphatic carbocycles. The lowest BCUT2D eigenvalue weighted by atomic mass is 9.82. The zero-order valence-electron chi connectivity index (χ0n) is 10.8. The molecular formula is C13H26O2. The highest BCUT2D eigenvalue weighted by atomic mass is 16.5. The molecule has 1 heterocycles. The van der Waals surface area contributed by atoms with Crippen LogP contribution in [-0.2, 0) is 4.74 Å². The van der Waals surface area contributed by atoms with Gasteiger partial charge in [0.25, 0.3) is 0 Å². The van der Waals surface area contributed by atoms with E-state index in [1.54, 1.807) is 0 Å². The molecule has 90 valence electrons. The van der Waals surface area contributed by atoms with Crippen LogP contribution in [0, 0.1) is 5.92 Å². The first kappa shape index (κ1) is 13.0. The fourth-order valence-corrected chi connectivity index (χ4v) is 2.82. The molecule has 2 unspecified atom stereocenters. The molecular weight excluding hydrogens is 188 g/mol. The van der Waals surface area contributed by atoms with Crippen LogP contribution in [-0.4, -0.2) is 22.4 Å². The van der Waals surface area contributed by atoms with Crippen molar-refractivity contribution in [1.29, 1.82) is 0 Å². The quantitative estimate of drug-likeness (QED) is 0.779. The van der Waals surface area contributed by atoms with Crippen LogP contribution in [0.4, 0.5) is 0 Å². The van der Waals surface area contributed by atoms with Crippen molar-refractivity contribution in [3.05, 3.63) is 0 Å². The molecule has 0 aromatic rings. The lowest BCUT2D eigenvalue weighted by Crippen LogP contribution is -2.31. The molecule has 1 aliphatic heterocycles. The van der Waals surface area contributed by atoms with E-state index in [2.05, 4.69) is 34.6 Å². The Labute approximate surface area is 94.0 Å². The fourth-order valence-electron chi connectivity index (χ4n) is 2.82. The monoisotopic (exact) mass is 214 g/mol. The van der Waals surface area contributed by atoms with Crippen molar-refractivity contribution in [1.82, 2.24) is 0 Å². The number of aliphatic hydroxyl groups is 1. The summed E-state index contributed by atoms with van der Waals surface area (Å²) in [6.07, 6.45) is 3.74. The van der Waals surface area contributed by atoms with Gasteiger partial charge in [0.2, 0.25) is 0 Å². The Bertz CT molecular complexity index is 209. The Kier molecular flexibility index (Phi) is 3.83. The predicted octanol–water partition coefficient (Wildman–Crippen LogP) is 3.13. The van der Waals surface area contributed by atoms with E-state index >= 15 is 0 Å². The van der Waals surface area contributed by atoms with E-state index in [1.165, 1.54) is 0 Å². The molecule has 0 spiro atoms. The van der Waals surface area contributed by atoms with Gasteiger partial charge in [0, 0.05) is 0 Å². The van der Waals surface area contributed by atoms with Crippen molar-refractivity contribution in [3.8, 4) is 0 Å². The maximum Gasteiger partial charge on any atom is 0.0663 e. The minimum atomic E-state index is -0.156. The van der Waals surface area contributed by atoms with Gasteiger partial charge in [0.15, 0.2) is 0 Å². The molecule has 1 N–H and O–H groups in total. The summed E-state index contributed by atoms with van der Waals surface area (Å²) >= 11 is 0. The molecule has 1 aliphatic rings. The lowest BCUT2D eigenvalue weighted by Gasteiger charge is -2.28. The molecule has 2 heteroatoms. The summed E-state index contributed by atoms with van der Waals surface area (Å²) in [7, 11) is 0. The maximum absolute atomic E-state index is 9.86. The van der Waals surface area contributed by atoms with Crippen LogP contribution < -0.4 is 0 Å². The Morgan fingerprint density at radius 2 is 1.93 bits per heavy atom. The van der Waals surface area contributed by atoms with Gasteiger partial charge in [-0.25, -0.2) is 0 Å². The van der Waals surface area contributed by atoms with Crippen LogP contribution in [0.15, 0.2) is 0 Å². The van der Waals surface area contributed by atoms with Crippen LogP contribution in [0.25, 0.3) is 0 Å². The first-order valence-electron chi connectivity index (χ1n) is 6.15. The average Bonchev–Trinajstić information content (AvgIpc) is 2.19. The molecule has 15 heavy (non-hydrogen) atoms. The van der Waals surface area contributed by atoms with Gasteiger partial charge in [0.1, 0.15) is 0 Å². The average molecular weight is 214 g/mol. The van der Waals surface area contributed by atoms with Gasteiger partial charge in [-0.2, -0.15) is 0 Å². The molecule has 0 radical (unpaired) electrons. The third-order valence-corrected chi connectivity index (χ3v) is 3.44. The maximum atomic E-state index is 9.86. The standard InChI is InChI=1S/C13H26O2/c1-6-7-11(14)8-10-9-12(2,3)15-13(10,4)5/h10-11,14H,6-9H2,1-5H3. The van der Waals surface area contributed by atoms with E-state index in [9.17, 15) is 5.11 Å². The number of hydrogen-bond donors (Lipinski definition) is 1. The summed E-state index contributed by atoms with van der Waals surface area (Å²) < 4.78 is 6.02. The van der Waals surface area contributed by atoms with Crippen molar-refractivity contribution in [3.63, 3.8) is 0 Å². The van der Waals surface area contributed by atoms with Crippen molar-refractivity contribution in [2.24, 2.45) is 5.92 Å². The van der Waals surface area contributed by atoms with E-state index in [-0.39, 0.29) is 17.3 Å². The van der Waals surface area contributed by atoms with Gasteiger partial charge in [-0.1, -0.05) is 13.3 Å². The van der Waals surface area contributed by atoms with Gasteiger partial charge >= 0.3 is 0 Å². The molecule has 1 saturated heterocycles. The van der Waals surface area contributed by atoms with Crippen LogP contribution in [0.2, 0.25) is 0 Å². The molecule has 1 fully saturated rings. The van der Waals surface area contributed by atoms with E-state index in [0.29, 0.717) is 5.92 Å². The minimum absolute atomic E-state index is 0.0277. The third-order valence-electron chi connectivity index (χ3n) is 3.44. The van der Waals surface area contributed by atoms with E-state index in [0.717, 1.165) is 25.7 Å². The lowest BCUT2D eigenvalue weighted by molar-refractivity contribution is -0.0783. The predicted molar refractivity (Wildman–Crippen MR) is 62.9 cm³/mol. The second-order valence-corrected chi connectivity index (χ2v) is 6.04. The van der Waals surface area contributed by atoms with Gasteiger partial charge in [-0.3, -0.25) is 0 Å². The summed E-state index contributed by atoms with van der Waals surface area (Å²) in [4.78, 5) is 0. The summed E-state index contributed by atoms with van der Waals surface area (Å²) in [5.41, 5.74) is -0.113. The summed E-state index contributed by atoms with van der Waals surface area (Å²) in [5, 5.41) is 9.86. The summed E-state index contributed by atoms with van der Waals surface area (Å²) in [6.45, 7) is 10.7. The molecule has 2 atom stereocenters. The second-order valence-electron chi connectivity index (χ2n) is 6.04. The van der Waals surface area contributed by atoms with Gasteiger partial charge in [-0.15, -0.1) is 0 Å². The first-order valence-corrected chi connectivity index (χ1v) is 6.15. The first-order chi connectivity index (χ1) is 6.77. The van der Waals surface area contributed by atoms with Crippen molar-refractivity contribution >= 4 is 0 Å². The highest BCUT2D eigenvalue weighted by Gasteiger charge is 2.45. The number of ether oxygens (including phenoxy) is 1. The molecule has 0 aromatic carbocycles. The number of aliphatic hydroxyl groups excluding tert-OH is 1. The third kappa shape index (κ3) is 3.46. The molecule has 1 rings (SSSR count). The van der Waals surface area contributed by atoms with Gasteiger partial charge in [-0.05, 0) is 52.9 Å². The van der Waals surface area contributed by atoms with E-state index in [4.69, 9.17) is 4.74 Å². The minimum Gasteiger partial charge on any atom is -0.393 e. The summed E-state index contributed by atoms with van der Waals surface area (Å²) in [6, 6.07) is 0. The summed E-state index contributed by atoms with van der Waals surface area (Å²) in [5.74, 6) is 0.481. The smallest absolute Gasteiger partial charge is 0.0663 e. The molecule has 0 bridgehead atoms. The molecule has 2 nitrogen and oxygen atoms in total. The zero-order chi connectivity index (χ0) is 11.7. The van der Waals surface area contributed by atoms with Gasteiger partial charge < -0.3 is 9.84 Å². The Balaban J connectivity index is 2.55.